The lowest BCUT2D eigenvalue weighted by Gasteiger charge is -2.25. The first-order chi connectivity index (χ1) is 11.5. The molecule has 0 saturated carbocycles. The first-order valence-corrected chi connectivity index (χ1v) is 9.04. The molecule has 5 nitrogen and oxygen atoms in total. The van der Waals surface area contributed by atoms with Gasteiger partial charge in [0.2, 0.25) is 5.91 Å². The van der Waals surface area contributed by atoms with Gasteiger partial charge in [0.1, 0.15) is 0 Å². The second-order valence-corrected chi connectivity index (χ2v) is 7.11. The monoisotopic (exact) mass is 345 g/mol. The molecule has 2 aromatic rings. The van der Waals surface area contributed by atoms with E-state index in [2.05, 4.69) is 48.1 Å². The lowest BCUT2D eigenvalue weighted by molar-refractivity contribution is -0.118. The zero-order valence-electron chi connectivity index (χ0n) is 14.4. The average molecular weight is 345 g/mol. The molecule has 0 atom stereocenters. The molecule has 1 saturated heterocycles. The van der Waals surface area contributed by atoms with E-state index in [4.69, 9.17) is 4.74 Å². The molecular weight excluding hydrogens is 322 g/mol. The van der Waals surface area contributed by atoms with Gasteiger partial charge in [-0.15, -0.1) is 11.3 Å². The zero-order chi connectivity index (χ0) is 17.1. The molecule has 0 spiro atoms. The summed E-state index contributed by atoms with van der Waals surface area (Å²) in [6, 6.07) is 4.33. The largest absolute Gasteiger partial charge is 0.379 e. The maximum absolute atomic E-state index is 12.2. The van der Waals surface area contributed by atoms with Crippen LogP contribution in [0.2, 0.25) is 0 Å². The number of carbonyl (C=O) groups is 1. The van der Waals surface area contributed by atoms with E-state index < -0.39 is 0 Å². The van der Waals surface area contributed by atoms with Crippen molar-refractivity contribution in [1.82, 2.24) is 9.88 Å². The lowest BCUT2D eigenvalue weighted by Crippen LogP contribution is -2.41. The number of morpholine rings is 1. The normalized spacial score (nSPS) is 15.5. The van der Waals surface area contributed by atoms with E-state index in [1.54, 1.807) is 0 Å². The Labute approximate surface area is 146 Å². The Kier molecular flexibility index (Phi) is 5.28. The molecular formula is C18H23N3O2S. The standard InChI is InChI=1S/C18H23N3O2S/c1-12-8-13(2)17(14(3)9-12)15-11-24-18(19-15)20-16(22)10-21-4-6-23-7-5-21/h8-9,11H,4-7,10H2,1-3H3,(H,19,20,22). The van der Waals surface area contributed by atoms with Gasteiger partial charge >= 0.3 is 0 Å². The molecule has 128 valence electrons. The predicted molar refractivity (Wildman–Crippen MR) is 97.6 cm³/mol. The Balaban J connectivity index is 1.68. The van der Waals surface area contributed by atoms with Crippen molar-refractivity contribution < 1.29 is 9.53 Å². The van der Waals surface area contributed by atoms with Crippen molar-refractivity contribution >= 4 is 22.4 Å². The molecule has 0 radical (unpaired) electrons. The number of aromatic nitrogens is 1. The van der Waals surface area contributed by atoms with Gasteiger partial charge in [0.25, 0.3) is 0 Å². The van der Waals surface area contributed by atoms with Gasteiger partial charge in [-0.25, -0.2) is 4.98 Å². The molecule has 3 rings (SSSR count). The average Bonchev–Trinajstić information content (AvgIpc) is 2.95. The van der Waals surface area contributed by atoms with Crippen molar-refractivity contribution in [3.8, 4) is 11.3 Å². The second-order valence-electron chi connectivity index (χ2n) is 6.25. The Morgan fingerprint density at radius 1 is 1.25 bits per heavy atom. The number of hydrogen-bond donors (Lipinski definition) is 1. The number of carbonyl (C=O) groups excluding carboxylic acids is 1. The number of rotatable bonds is 4. The van der Waals surface area contributed by atoms with Gasteiger partial charge in [-0.1, -0.05) is 17.7 Å². The SMILES string of the molecule is Cc1cc(C)c(-c2csc(NC(=O)CN3CCOCC3)n2)c(C)c1. The minimum atomic E-state index is -0.0184. The molecule has 1 aliphatic heterocycles. The highest BCUT2D eigenvalue weighted by Crippen LogP contribution is 2.31. The Morgan fingerprint density at radius 3 is 2.58 bits per heavy atom. The Morgan fingerprint density at radius 2 is 1.92 bits per heavy atom. The molecule has 1 N–H and O–H groups in total. The summed E-state index contributed by atoms with van der Waals surface area (Å²) in [5.41, 5.74) is 5.76. The fourth-order valence-corrected chi connectivity index (χ4v) is 3.87. The van der Waals surface area contributed by atoms with Crippen LogP contribution in [-0.4, -0.2) is 48.6 Å². The number of anilines is 1. The van der Waals surface area contributed by atoms with Crippen molar-refractivity contribution in [3.05, 3.63) is 34.2 Å². The van der Waals surface area contributed by atoms with Gasteiger partial charge in [0.05, 0.1) is 25.5 Å². The van der Waals surface area contributed by atoms with Crippen molar-refractivity contribution in [3.63, 3.8) is 0 Å². The molecule has 24 heavy (non-hydrogen) atoms. The number of benzene rings is 1. The molecule has 6 heteroatoms. The first-order valence-electron chi connectivity index (χ1n) is 8.16. The van der Waals surface area contributed by atoms with Crippen LogP contribution in [0.1, 0.15) is 16.7 Å². The maximum atomic E-state index is 12.2. The van der Waals surface area contributed by atoms with Gasteiger partial charge in [-0.3, -0.25) is 9.69 Å². The minimum absolute atomic E-state index is 0.0184. The summed E-state index contributed by atoms with van der Waals surface area (Å²) in [6.07, 6.45) is 0. The van der Waals surface area contributed by atoms with E-state index >= 15 is 0 Å². The van der Waals surface area contributed by atoms with Gasteiger partial charge in [0.15, 0.2) is 5.13 Å². The summed E-state index contributed by atoms with van der Waals surface area (Å²) in [5.74, 6) is -0.0184. The van der Waals surface area contributed by atoms with Crippen LogP contribution in [0.5, 0.6) is 0 Å². The Bertz CT molecular complexity index is 713. The number of amides is 1. The van der Waals surface area contributed by atoms with Crippen LogP contribution in [0.25, 0.3) is 11.3 Å². The number of nitrogens with one attached hydrogen (secondary N) is 1. The van der Waals surface area contributed by atoms with Crippen LogP contribution in [0.3, 0.4) is 0 Å². The van der Waals surface area contributed by atoms with Crippen molar-refractivity contribution in [2.75, 3.05) is 38.2 Å². The minimum Gasteiger partial charge on any atom is -0.379 e. The van der Waals surface area contributed by atoms with E-state index in [1.807, 2.05) is 5.38 Å². The highest BCUT2D eigenvalue weighted by Gasteiger charge is 2.16. The summed E-state index contributed by atoms with van der Waals surface area (Å²) in [7, 11) is 0. The molecule has 1 amide bonds. The third-order valence-corrected chi connectivity index (χ3v) is 4.91. The molecule has 1 aromatic carbocycles. The lowest BCUT2D eigenvalue weighted by atomic mass is 9.98. The summed E-state index contributed by atoms with van der Waals surface area (Å²) >= 11 is 1.47. The summed E-state index contributed by atoms with van der Waals surface area (Å²) in [4.78, 5) is 18.9. The van der Waals surface area contributed by atoms with Gasteiger partial charge in [-0.2, -0.15) is 0 Å². The first kappa shape index (κ1) is 17.1. The quantitative estimate of drug-likeness (QED) is 0.925. The number of hydrogen-bond acceptors (Lipinski definition) is 5. The third-order valence-electron chi connectivity index (χ3n) is 4.15. The van der Waals surface area contributed by atoms with Crippen molar-refractivity contribution in [1.29, 1.82) is 0 Å². The van der Waals surface area contributed by atoms with Crippen LogP contribution in [0.15, 0.2) is 17.5 Å². The summed E-state index contributed by atoms with van der Waals surface area (Å²) in [5, 5.41) is 5.58. The van der Waals surface area contributed by atoms with E-state index in [-0.39, 0.29) is 5.91 Å². The van der Waals surface area contributed by atoms with E-state index in [0.717, 1.165) is 24.3 Å². The van der Waals surface area contributed by atoms with Crippen molar-refractivity contribution in [2.45, 2.75) is 20.8 Å². The zero-order valence-corrected chi connectivity index (χ0v) is 15.2. The summed E-state index contributed by atoms with van der Waals surface area (Å²) in [6.45, 7) is 9.69. The van der Waals surface area contributed by atoms with Crippen molar-refractivity contribution in [2.24, 2.45) is 0 Å². The number of nitrogens with zero attached hydrogens (tertiary/aromatic N) is 2. The number of aryl methyl sites for hydroxylation is 3. The van der Waals surface area contributed by atoms with E-state index in [9.17, 15) is 4.79 Å². The fraction of sp³-hybridized carbons (Fsp3) is 0.444. The van der Waals surface area contributed by atoms with Crippen LogP contribution in [0.4, 0.5) is 5.13 Å². The molecule has 1 aromatic heterocycles. The highest BCUT2D eigenvalue weighted by molar-refractivity contribution is 7.14. The maximum Gasteiger partial charge on any atom is 0.240 e. The second kappa shape index (κ2) is 7.42. The van der Waals surface area contributed by atoms with Gasteiger partial charge in [-0.05, 0) is 31.9 Å². The van der Waals surface area contributed by atoms with Crippen LogP contribution in [0, 0.1) is 20.8 Å². The van der Waals surface area contributed by atoms with Crippen LogP contribution in [-0.2, 0) is 9.53 Å². The topological polar surface area (TPSA) is 54.5 Å². The van der Waals surface area contributed by atoms with E-state index in [0.29, 0.717) is 24.9 Å². The molecule has 2 heterocycles. The highest BCUT2D eigenvalue weighted by atomic mass is 32.1. The summed E-state index contributed by atoms with van der Waals surface area (Å²) < 4.78 is 5.30. The molecule has 0 bridgehead atoms. The van der Waals surface area contributed by atoms with Crippen LogP contribution < -0.4 is 5.32 Å². The van der Waals surface area contributed by atoms with Gasteiger partial charge in [0, 0.05) is 24.0 Å². The molecule has 0 unspecified atom stereocenters. The van der Waals surface area contributed by atoms with Crippen LogP contribution >= 0.6 is 11.3 Å². The predicted octanol–water partition coefficient (Wildman–Crippen LogP) is 3.01. The molecule has 1 aliphatic rings. The molecule has 1 fully saturated rings. The Hall–Kier alpha value is -1.76. The fourth-order valence-electron chi connectivity index (χ4n) is 3.15. The smallest absolute Gasteiger partial charge is 0.240 e. The van der Waals surface area contributed by atoms with E-state index in [1.165, 1.54) is 28.0 Å². The molecule has 0 aliphatic carbocycles. The van der Waals surface area contributed by atoms with Gasteiger partial charge < -0.3 is 10.1 Å². The third kappa shape index (κ3) is 4.01. The number of ether oxygens (including phenoxy) is 1. The number of thiazole rings is 1.